The van der Waals surface area contributed by atoms with Gasteiger partial charge in [0.1, 0.15) is 0 Å². The highest BCUT2D eigenvalue weighted by molar-refractivity contribution is 5.94. The minimum absolute atomic E-state index is 0.0652. The number of nitro groups is 1. The molecule has 0 aliphatic heterocycles. The van der Waals surface area contributed by atoms with Gasteiger partial charge in [-0.1, -0.05) is 24.3 Å². The van der Waals surface area contributed by atoms with Crippen LogP contribution in [0.25, 0.3) is 0 Å². The second-order valence-corrected chi connectivity index (χ2v) is 6.89. The third-order valence-electron chi connectivity index (χ3n) is 4.31. The average Bonchev–Trinajstić information content (AvgIpc) is 2.73. The number of aryl methyl sites for hydroxylation is 2. The summed E-state index contributed by atoms with van der Waals surface area (Å²) < 4.78 is 5.32. The summed E-state index contributed by atoms with van der Waals surface area (Å²) in [6.45, 7) is 5.16. The van der Waals surface area contributed by atoms with E-state index in [0.717, 1.165) is 11.1 Å². The molecular weight excluding hydrogens is 404 g/mol. The summed E-state index contributed by atoms with van der Waals surface area (Å²) in [5, 5.41) is 13.8. The molecule has 0 saturated carbocycles. The van der Waals surface area contributed by atoms with Crippen LogP contribution in [0, 0.1) is 24.0 Å². The first-order valence-electron chi connectivity index (χ1n) is 9.53. The summed E-state index contributed by atoms with van der Waals surface area (Å²) in [6, 6.07) is 11.3. The molecule has 31 heavy (non-hydrogen) atoms. The predicted octanol–water partition coefficient (Wildman–Crippen LogP) is 2.55. The van der Waals surface area contributed by atoms with Gasteiger partial charge in [-0.3, -0.25) is 35.3 Å². The zero-order valence-corrected chi connectivity index (χ0v) is 17.4. The molecule has 0 spiro atoms. The largest absolute Gasteiger partial charge is 0.474 e. The summed E-state index contributed by atoms with van der Waals surface area (Å²) in [6.07, 6.45) is -1.32. The average molecular weight is 428 g/mol. The van der Waals surface area contributed by atoms with Crippen LogP contribution in [0.2, 0.25) is 0 Å². The minimum atomic E-state index is -1.10. The molecule has 0 aliphatic carbocycles. The van der Waals surface area contributed by atoms with E-state index in [4.69, 9.17) is 4.74 Å². The molecule has 2 aromatic carbocycles. The fourth-order valence-corrected chi connectivity index (χ4v) is 2.56. The van der Waals surface area contributed by atoms with Crippen LogP contribution >= 0.6 is 0 Å². The highest BCUT2D eigenvalue weighted by atomic mass is 16.6. The van der Waals surface area contributed by atoms with Crippen molar-refractivity contribution in [1.82, 2.24) is 10.9 Å². The number of rotatable bonds is 8. The number of nitrogens with one attached hydrogen (secondary N) is 3. The number of benzene rings is 2. The predicted molar refractivity (Wildman–Crippen MR) is 113 cm³/mol. The lowest BCUT2D eigenvalue weighted by Gasteiger charge is -2.15. The van der Waals surface area contributed by atoms with Crippen LogP contribution in [0.1, 0.15) is 30.9 Å². The van der Waals surface area contributed by atoms with E-state index in [2.05, 4.69) is 16.2 Å². The third kappa shape index (κ3) is 7.11. The molecule has 1 atom stereocenters. The first-order valence-corrected chi connectivity index (χ1v) is 9.53. The molecule has 164 valence electrons. The Balaban J connectivity index is 1.77. The van der Waals surface area contributed by atoms with E-state index in [-0.39, 0.29) is 30.2 Å². The van der Waals surface area contributed by atoms with Crippen molar-refractivity contribution >= 4 is 29.1 Å². The molecule has 0 fully saturated rings. The minimum Gasteiger partial charge on any atom is -0.474 e. The van der Waals surface area contributed by atoms with Gasteiger partial charge < -0.3 is 10.1 Å². The van der Waals surface area contributed by atoms with Gasteiger partial charge in [0.25, 0.3) is 5.91 Å². The Labute approximate surface area is 179 Å². The molecule has 1 unspecified atom stereocenters. The highest BCUT2D eigenvalue weighted by Crippen LogP contribution is 2.26. The fraction of sp³-hybridized carbons (Fsp3) is 0.286. The third-order valence-corrected chi connectivity index (χ3v) is 4.31. The molecule has 0 aromatic heterocycles. The molecule has 10 heteroatoms. The van der Waals surface area contributed by atoms with Crippen molar-refractivity contribution in [3.05, 3.63) is 63.7 Å². The van der Waals surface area contributed by atoms with Crippen LogP contribution in [0.4, 0.5) is 11.4 Å². The zero-order valence-electron chi connectivity index (χ0n) is 17.4. The van der Waals surface area contributed by atoms with Gasteiger partial charge in [-0.2, -0.15) is 0 Å². The highest BCUT2D eigenvalue weighted by Gasteiger charge is 2.21. The van der Waals surface area contributed by atoms with Crippen LogP contribution in [0.5, 0.6) is 5.75 Å². The first-order chi connectivity index (χ1) is 14.7. The van der Waals surface area contributed by atoms with Crippen LogP contribution in [-0.2, 0) is 14.4 Å². The number of hydrogen-bond acceptors (Lipinski definition) is 6. The van der Waals surface area contributed by atoms with E-state index in [1.807, 2.05) is 32.0 Å². The van der Waals surface area contributed by atoms with Crippen molar-refractivity contribution in [2.24, 2.45) is 0 Å². The summed E-state index contributed by atoms with van der Waals surface area (Å²) in [7, 11) is 0. The van der Waals surface area contributed by atoms with Crippen molar-refractivity contribution in [2.45, 2.75) is 39.7 Å². The van der Waals surface area contributed by atoms with Crippen molar-refractivity contribution in [3.63, 3.8) is 0 Å². The maximum atomic E-state index is 12.1. The number of nitrogens with zero attached hydrogens (tertiary/aromatic N) is 1. The van der Waals surface area contributed by atoms with Crippen LogP contribution in [0.15, 0.2) is 42.5 Å². The molecular formula is C21H24N4O6. The Morgan fingerprint density at radius 3 is 2.42 bits per heavy atom. The van der Waals surface area contributed by atoms with Crippen LogP contribution < -0.4 is 20.9 Å². The Morgan fingerprint density at radius 1 is 1.03 bits per heavy atom. The Kier molecular flexibility index (Phi) is 8.07. The van der Waals surface area contributed by atoms with Gasteiger partial charge in [0.15, 0.2) is 11.9 Å². The second kappa shape index (κ2) is 10.7. The Hall–Kier alpha value is -3.95. The van der Waals surface area contributed by atoms with E-state index in [1.54, 1.807) is 0 Å². The monoisotopic (exact) mass is 428 g/mol. The van der Waals surface area contributed by atoms with Crippen molar-refractivity contribution in [3.8, 4) is 5.75 Å². The number of para-hydroxylation sites is 2. The molecule has 0 radical (unpaired) electrons. The Bertz CT molecular complexity index is 992. The number of carbonyl (C=O) groups excluding carboxylic acids is 3. The lowest BCUT2D eigenvalue weighted by Crippen LogP contribution is -2.47. The molecule has 2 aromatic rings. The summed E-state index contributed by atoms with van der Waals surface area (Å²) in [5.74, 6) is -1.67. The van der Waals surface area contributed by atoms with Gasteiger partial charge in [0, 0.05) is 24.6 Å². The molecule has 0 saturated heterocycles. The molecule has 0 bridgehead atoms. The van der Waals surface area contributed by atoms with Gasteiger partial charge in [0.2, 0.25) is 11.8 Å². The normalized spacial score (nSPS) is 11.2. The van der Waals surface area contributed by atoms with Gasteiger partial charge in [-0.05, 0) is 44.0 Å². The van der Waals surface area contributed by atoms with Gasteiger partial charge in [-0.15, -0.1) is 0 Å². The van der Waals surface area contributed by atoms with Crippen molar-refractivity contribution in [1.29, 1.82) is 0 Å². The number of ether oxygens (including phenoxy) is 1. The molecule has 0 aliphatic rings. The smallest absolute Gasteiger partial charge is 0.310 e. The summed E-state index contributed by atoms with van der Waals surface area (Å²) in [5.41, 5.74) is 6.68. The van der Waals surface area contributed by atoms with E-state index in [9.17, 15) is 24.5 Å². The molecule has 3 N–H and O–H groups in total. The molecule has 10 nitrogen and oxygen atoms in total. The number of nitro benzene ring substituents is 1. The fourth-order valence-electron chi connectivity index (χ4n) is 2.56. The van der Waals surface area contributed by atoms with Gasteiger partial charge in [-0.25, -0.2) is 0 Å². The van der Waals surface area contributed by atoms with Gasteiger partial charge >= 0.3 is 5.69 Å². The lowest BCUT2D eigenvalue weighted by atomic mass is 10.1. The van der Waals surface area contributed by atoms with Crippen molar-refractivity contribution < 1.29 is 24.0 Å². The van der Waals surface area contributed by atoms with E-state index in [1.165, 1.54) is 31.2 Å². The zero-order chi connectivity index (χ0) is 23.0. The van der Waals surface area contributed by atoms with Crippen LogP contribution in [-0.4, -0.2) is 28.7 Å². The van der Waals surface area contributed by atoms with Crippen molar-refractivity contribution in [2.75, 3.05) is 5.32 Å². The SMILES string of the molecule is Cc1ccc(C)c(NC(=O)CCC(=O)NNC(=O)C(C)Oc2ccccc2[N+](=O)[O-])c1. The number of amides is 3. The number of anilines is 1. The first kappa shape index (κ1) is 23.3. The summed E-state index contributed by atoms with van der Waals surface area (Å²) >= 11 is 0. The quantitative estimate of drug-likeness (QED) is 0.436. The number of carbonyl (C=O) groups is 3. The number of hydrazine groups is 1. The Morgan fingerprint density at radius 2 is 1.71 bits per heavy atom. The second-order valence-electron chi connectivity index (χ2n) is 6.89. The van der Waals surface area contributed by atoms with Gasteiger partial charge in [0.05, 0.1) is 4.92 Å². The maximum absolute atomic E-state index is 12.1. The standard InChI is InChI=1S/C21H24N4O6/c1-13-8-9-14(2)16(12-13)22-19(26)10-11-20(27)23-24-21(28)15(3)31-18-7-5-4-6-17(18)25(29)30/h4-9,12,15H,10-11H2,1-3H3,(H,22,26)(H,23,27)(H,24,28). The molecule has 3 amide bonds. The number of hydrogen-bond donors (Lipinski definition) is 3. The van der Waals surface area contributed by atoms with E-state index >= 15 is 0 Å². The lowest BCUT2D eigenvalue weighted by molar-refractivity contribution is -0.386. The molecule has 2 rings (SSSR count). The van der Waals surface area contributed by atoms with E-state index < -0.39 is 22.8 Å². The summed E-state index contributed by atoms with van der Waals surface area (Å²) in [4.78, 5) is 46.4. The van der Waals surface area contributed by atoms with Crippen LogP contribution in [0.3, 0.4) is 0 Å². The topological polar surface area (TPSA) is 140 Å². The van der Waals surface area contributed by atoms with E-state index in [0.29, 0.717) is 5.69 Å². The molecule has 0 heterocycles. The maximum Gasteiger partial charge on any atom is 0.310 e.